The average molecular weight is 1020 g/mol. The number of pyridine rings is 1. The fourth-order valence-corrected chi connectivity index (χ4v) is 11.5. The summed E-state index contributed by atoms with van der Waals surface area (Å²) >= 11 is 0. The van der Waals surface area contributed by atoms with Crippen LogP contribution in [0.4, 0.5) is 4.79 Å². The minimum absolute atomic E-state index is 0.0575. The van der Waals surface area contributed by atoms with Gasteiger partial charge in [0, 0.05) is 63.8 Å². The zero-order valence-electron chi connectivity index (χ0n) is 45.5. The van der Waals surface area contributed by atoms with Crippen LogP contribution in [0.2, 0.25) is 0 Å². The second kappa shape index (κ2) is 23.7. The third kappa shape index (κ3) is 12.7. The van der Waals surface area contributed by atoms with Crippen LogP contribution in [0.25, 0.3) is 10.9 Å². The van der Waals surface area contributed by atoms with E-state index < -0.39 is 108 Å². The van der Waals surface area contributed by atoms with Crippen molar-refractivity contribution in [2.24, 2.45) is 17.8 Å². The van der Waals surface area contributed by atoms with Gasteiger partial charge in [0.25, 0.3) is 0 Å². The van der Waals surface area contributed by atoms with Crippen molar-refractivity contribution in [1.29, 1.82) is 0 Å². The Morgan fingerprint density at radius 1 is 0.958 bits per heavy atom. The van der Waals surface area contributed by atoms with Crippen molar-refractivity contribution in [3.63, 3.8) is 0 Å². The van der Waals surface area contributed by atoms with E-state index in [1.165, 1.54) is 14.0 Å². The Labute approximate surface area is 428 Å². The number of aliphatic hydroxyl groups excluding tert-OH is 1. The number of amides is 2. The van der Waals surface area contributed by atoms with E-state index in [-0.39, 0.29) is 43.8 Å². The molecule has 0 spiro atoms. The number of aromatic nitrogens is 1. The van der Waals surface area contributed by atoms with E-state index in [4.69, 9.17) is 33.2 Å². The van der Waals surface area contributed by atoms with E-state index in [0.717, 1.165) is 30.2 Å². The standard InChI is InChI=1S/C54H89N5O13/c1-15-23-55-30-54(65)36(8)68-43(28-52(54,10)66-14)71-44-33(5)47(51(9,63)27-31(3)29-57-35(7)46(60)53(11,64)42(16-2)70-48(61)34(44)6)72-49-45(69-39-21-22-40-37(26-39)18-17-24-56-40)41(25-32(4)67-49)59(13)50(62)58(12)38-19-20-38/h17-18,21-22,24,26,31-36,38,41-47,49,55,57,60,63-65H,15-16,19-20,23,25,27-30H2,1-14H3/t31-,32-,33+,34-,35-,36+,41+,42-,43+,44+,45-,46-,47-,49+,51-,52-,53-,54+/m1/s1. The van der Waals surface area contributed by atoms with Crippen molar-refractivity contribution in [2.45, 2.75) is 217 Å². The molecule has 2 amide bonds. The number of carbonyl (C=O) groups is 2. The van der Waals surface area contributed by atoms with Crippen molar-refractivity contribution in [3.05, 3.63) is 36.5 Å². The summed E-state index contributed by atoms with van der Waals surface area (Å²) in [7, 11) is 5.13. The fourth-order valence-electron chi connectivity index (χ4n) is 11.5. The number of esters is 1. The molecular weight excluding hydrogens is 927 g/mol. The minimum atomic E-state index is -1.86. The van der Waals surface area contributed by atoms with Crippen LogP contribution < -0.4 is 15.4 Å². The maximum Gasteiger partial charge on any atom is 0.320 e. The lowest BCUT2D eigenvalue weighted by Gasteiger charge is -2.53. The average Bonchev–Trinajstić information content (AvgIpc) is 4.20. The van der Waals surface area contributed by atoms with Crippen LogP contribution in [0.3, 0.4) is 0 Å². The van der Waals surface area contributed by atoms with Gasteiger partial charge < -0.3 is 74.0 Å². The van der Waals surface area contributed by atoms with Crippen LogP contribution in [0.5, 0.6) is 5.75 Å². The van der Waals surface area contributed by atoms with Crippen LogP contribution in [0, 0.1) is 17.8 Å². The van der Waals surface area contributed by atoms with E-state index in [1.54, 1.807) is 57.7 Å². The lowest BCUT2D eigenvalue weighted by molar-refractivity contribution is -0.335. The number of carbonyl (C=O) groups excluding carboxylic acids is 2. The number of aliphatic hydroxyl groups is 4. The summed E-state index contributed by atoms with van der Waals surface area (Å²) in [5.41, 5.74) is -5.42. The number of benzene rings is 1. The van der Waals surface area contributed by atoms with Crippen LogP contribution in [0.15, 0.2) is 36.5 Å². The number of rotatable bonds is 14. The number of hydrogen-bond donors (Lipinski definition) is 6. The normalized spacial score (nSPS) is 40.7. The number of urea groups is 1. The van der Waals surface area contributed by atoms with Crippen molar-refractivity contribution in [2.75, 3.05) is 40.8 Å². The monoisotopic (exact) mass is 1020 g/mol. The number of hydrogen-bond acceptors (Lipinski definition) is 16. The maximum absolute atomic E-state index is 14.8. The molecule has 4 aliphatic rings. The van der Waals surface area contributed by atoms with Gasteiger partial charge in [0.2, 0.25) is 0 Å². The molecule has 18 heteroatoms. The van der Waals surface area contributed by atoms with Gasteiger partial charge in [-0.25, -0.2) is 4.79 Å². The molecule has 4 heterocycles. The maximum atomic E-state index is 14.8. The van der Waals surface area contributed by atoms with Gasteiger partial charge in [-0.1, -0.05) is 33.8 Å². The Morgan fingerprint density at radius 3 is 2.32 bits per heavy atom. The molecule has 3 aliphatic heterocycles. The highest BCUT2D eigenvalue weighted by Gasteiger charge is 2.59. The van der Waals surface area contributed by atoms with E-state index in [2.05, 4.69) is 15.6 Å². The largest absolute Gasteiger partial charge is 0.483 e. The quantitative estimate of drug-likeness (QED) is 0.106. The Balaban J connectivity index is 1.46. The predicted octanol–water partition coefficient (Wildman–Crippen LogP) is 5.15. The molecule has 18 nitrogen and oxygen atoms in total. The number of nitrogens with one attached hydrogen (secondary N) is 2. The van der Waals surface area contributed by atoms with Gasteiger partial charge in [0.1, 0.15) is 34.8 Å². The van der Waals surface area contributed by atoms with Crippen molar-refractivity contribution in [3.8, 4) is 5.75 Å². The molecule has 6 rings (SSSR count). The first kappa shape index (κ1) is 58.0. The molecule has 2 aromatic rings. The van der Waals surface area contributed by atoms with Crippen molar-refractivity contribution in [1.82, 2.24) is 25.4 Å². The SMILES string of the molecule is CCCNC[C@]1(O)[C@H](C)O[C@@H](O[C@H]2[C@H](C)[C@@H](O[C@@H]3O[C@H](C)C[C@H](N(C)C(=O)N(C)C4CC4)[C@H]3Oc3ccc4ncccc4c3)[C@](C)(O)C[C@@H](C)CN[C@H](C)[C@@H](O)[C@](C)(O)[C@@H](CC)OC(=O)[C@@H]2C)C[C@@]1(C)OC. The number of methoxy groups -OCH3 is 1. The third-order valence-electron chi connectivity index (χ3n) is 16.4. The predicted molar refractivity (Wildman–Crippen MR) is 272 cm³/mol. The smallest absolute Gasteiger partial charge is 0.320 e. The molecule has 0 radical (unpaired) electrons. The number of cyclic esters (lactones) is 1. The van der Waals surface area contributed by atoms with Crippen LogP contribution in [-0.4, -0.2) is 184 Å². The summed E-state index contributed by atoms with van der Waals surface area (Å²) in [5, 5.41) is 56.5. The van der Waals surface area contributed by atoms with E-state index in [9.17, 15) is 30.0 Å². The molecule has 3 saturated heterocycles. The number of likely N-dealkylation sites (N-methyl/N-ethyl adjacent to an activating group) is 1. The molecule has 0 unspecified atom stereocenters. The highest BCUT2D eigenvalue weighted by atomic mass is 16.7. The molecule has 72 heavy (non-hydrogen) atoms. The third-order valence-corrected chi connectivity index (χ3v) is 16.4. The Bertz CT molecular complexity index is 2100. The number of fused-ring (bicyclic) bond motifs is 1. The first-order valence-corrected chi connectivity index (χ1v) is 26.5. The first-order valence-electron chi connectivity index (χ1n) is 26.5. The first-order chi connectivity index (χ1) is 33.8. The zero-order valence-corrected chi connectivity index (χ0v) is 45.5. The van der Waals surface area contributed by atoms with E-state index >= 15 is 0 Å². The molecule has 1 saturated carbocycles. The Morgan fingerprint density at radius 2 is 1.67 bits per heavy atom. The highest BCUT2D eigenvalue weighted by Crippen LogP contribution is 2.44. The van der Waals surface area contributed by atoms with Crippen molar-refractivity contribution < 1.29 is 63.2 Å². The van der Waals surface area contributed by atoms with Crippen LogP contribution in [-0.2, 0) is 33.2 Å². The summed E-state index contributed by atoms with van der Waals surface area (Å²) in [4.78, 5) is 37.0. The minimum Gasteiger partial charge on any atom is -0.483 e. The fraction of sp³-hybridized carbons (Fsp3) is 0.796. The van der Waals surface area contributed by atoms with Gasteiger partial charge in [-0.2, -0.15) is 0 Å². The molecule has 1 aromatic heterocycles. The Kier molecular flexibility index (Phi) is 19.1. The van der Waals surface area contributed by atoms with Gasteiger partial charge in [0.05, 0.1) is 47.5 Å². The molecule has 18 atom stereocenters. The molecule has 1 aliphatic carbocycles. The molecule has 408 valence electrons. The lowest BCUT2D eigenvalue weighted by Crippen LogP contribution is -2.70. The summed E-state index contributed by atoms with van der Waals surface area (Å²) in [6.07, 6.45) is -3.90. The van der Waals surface area contributed by atoms with Crippen LogP contribution in [0.1, 0.15) is 121 Å². The molecule has 0 bridgehead atoms. The second-order valence-electron chi connectivity index (χ2n) is 22.4. The highest BCUT2D eigenvalue weighted by molar-refractivity contribution is 5.80. The van der Waals surface area contributed by atoms with Gasteiger partial charge in [-0.05, 0) is 130 Å². The van der Waals surface area contributed by atoms with Gasteiger partial charge in [-0.15, -0.1) is 0 Å². The summed E-state index contributed by atoms with van der Waals surface area (Å²) in [6, 6.07) is 8.16. The molecule has 4 fully saturated rings. The summed E-state index contributed by atoms with van der Waals surface area (Å²) < 4.78 is 46.9. The van der Waals surface area contributed by atoms with Gasteiger partial charge in [0.15, 0.2) is 18.7 Å². The second-order valence-corrected chi connectivity index (χ2v) is 22.4. The van der Waals surface area contributed by atoms with Gasteiger partial charge in [-0.3, -0.25) is 9.78 Å². The summed E-state index contributed by atoms with van der Waals surface area (Å²) in [5.74, 6) is -2.41. The van der Waals surface area contributed by atoms with Crippen LogP contribution >= 0.6 is 0 Å². The zero-order chi connectivity index (χ0) is 53.1. The topological polar surface area (TPSA) is 223 Å². The van der Waals surface area contributed by atoms with Gasteiger partial charge >= 0.3 is 12.0 Å². The van der Waals surface area contributed by atoms with E-state index in [1.807, 2.05) is 72.0 Å². The molecule has 1 aromatic carbocycles. The molecule has 6 N–H and O–H groups in total. The Hall–Kier alpha value is -3.27. The summed E-state index contributed by atoms with van der Waals surface area (Å²) in [6.45, 7) is 20.9. The lowest BCUT2D eigenvalue weighted by atomic mass is 9.75. The number of ether oxygens (including phenoxy) is 7. The number of nitrogens with zero attached hydrogens (tertiary/aromatic N) is 3. The molecular formula is C54H89N5O13. The van der Waals surface area contributed by atoms with Crippen molar-refractivity contribution >= 4 is 22.9 Å². The van der Waals surface area contributed by atoms with E-state index in [0.29, 0.717) is 25.3 Å².